The molecule has 5 rings (SSSR count). The van der Waals surface area contributed by atoms with Crippen molar-refractivity contribution in [1.29, 1.82) is 0 Å². The van der Waals surface area contributed by atoms with E-state index < -0.39 is 0 Å². The minimum absolute atomic E-state index is 0.0332. The highest BCUT2D eigenvalue weighted by molar-refractivity contribution is 8.00. The van der Waals surface area contributed by atoms with Crippen molar-refractivity contribution in [3.05, 3.63) is 60.3 Å². The predicted molar refractivity (Wildman–Crippen MR) is 134 cm³/mol. The number of hydrogen-bond donors (Lipinski definition) is 2. The van der Waals surface area contributed by atoms with Gasteiger partial charge in [-0.05, 0) is 42.8 Å². The average Bonchev–Trinajstić information content (AvgIpc) is 3.26. The van der Waals surface area contributed by atoms with Crippen LogP contribution in [0.5, 0.6) is 5.88 Å². The number of cyclic esters (lactones) is 1. The van der Waals surface area contributed by atoms with E-state index in [1.807, 2.05) is 42.5 Å². The lowest BCUT2D eigenvalue weighted by Gasteiger charge is -2.20. The minimum Gasteiger partial charge on any atom is -0.481 e. The second-order valence-corrected chi connectivity index (χ2v) is 9.24. The Morgan fingerprint density at radius 2 is 2.14 bits per heavy atom. The van der Waals surface area contributed by atoms with Gasteiger partial charge in [-0.15, -0.1) is 11.8 Å². The van der Waals surface area contributed by atoms with Crippen molar-refractivity contribution in [2.75, 3.05) is 36.2 Å². The molecule has 0 spiro atoms. The zero-order valence-corrected chi connectivity index (χ0v) is 20.0. The van der Waals surface area contributed by atoms with Crippen LogP contribution in [0.3, 0.4) is 0 Å². The summed E-state index contributed by atoms with van der Waals surface area (Å²) < 4.78 is 10.8. The number of benzene rings is 2. The van der Waals surface area contributed by atoms with Crippen LogP contribution in [0, 0.1) is 0 Å². The first-order valence-corrected chi connectivity index (χ1v) is 12.3. The average molecular weight is 492 g/mol. The van der Waals surface area contributed by atoms with Crippen LogP contribution in [0.25, 0.3) is 11.4 Å². The highest BCUT2D eigenvalue weighted by atomic mass is 32.2. The summed E-state index contributed by atoms with van der Waals surface area (Å²) in [6.45, 7) is 1.84. The third-order valence-electron chi connectivity index (χ3n) is 5.78. The van der Waals surface area contributed by atoms with Gasteiger partial charge in [0.15, 0.2) is 5.82 Å². The first-order chi connectivity index (χ1) is 17.1. The number of ether oxygens (including phenoxy) is 2. The zero-order chi connectivity index (χ0) is 24.2. The second kappa shape index (κ2) is 10.3. The molecule has 0 aliphatic carbocycles. The van der Waals surface area contributed by atoms with E-state index in [1.54, 1.807) is 24.3 Å². The van der Waals surface area contributed by atoms with E-state index in [9.17, 15) is 9.59 Å². The number of hydrogen-bond acceptors (Lipinski definition) is 8. The van der Waals surface area contributed by atoms with E-state index in [1.165, 1.54) is 11.8 Å². The highest BCUT2D eigenvalue weighted by Gasteiger charge is 2.32. The van der Waals surface area contributed by atoms with Crippen molar-refractivity contribution in [3.8, 4) is 17.3 Å². The lowest BCUT2D eigenvalue weighted by molar-refractivity contribution is -0.113. The van der Waals surface area contributed by atoms with Crippen molar-refractivity contribution in [2.24, 2.45) is 0 Å². The molecular weight excluding hydrogens is 466 g/mol. The topological polar surface area (TPSA) is 106 Å². The van der Waals surface area contributed by atoms with E-state index in [2.05, 4.69) is 20.6 Å². The first-order valence-electron chi connectivity index (χ1n) is 11.3. The minimum atomic E-state index is -0.365. The summed E-state index contributed by atoms with van der Waals surface area (Å²) in [5, 5.41) is 6.28. The van der Waals surface area contributed by atoms with Crippen LogP contribution < -0.4 is 20.3 Å². The van der Waals surface area contributed by atoms with Crippen LogP contribution in [0.2, 0.25) is 0 Å². The fourth-order valence-electron chi connectivity index (χ4n) is 4.03. The Kier molecular flexibility index (Phi) is 6.82. The van der Waals surface area contributed by atoms with Crippen molar-refractivity contribution < 1.29 is 19.1 Å². The van der Waals surface area contributed by atoms with E-state index in [0.717, 1.165) is 27.4 Å². The van der Waals surface area contributed by atoms with Gasteiger partial charge >= 0.3 is 6.09 Å². The number of carbonyl (C=O) groups is 2. The van der Waals surface area contributed by atoms with E-state index in [4.69, 9.17) is 9.47 Å². The summed E-state index contributed by atoms with van der Waals surface area (Å²) in [7, 11) is 1.58. The molecule has 1 unspecified atom stereocenters. The Morgan fingerprint density at radius 1 is 1.23 bits per heavy atom. The highest BCUT2D eigenvalue weighted by Crippen LogP contribution is 2.35. The Labute approximate surface area is 207 Å². The van der Waals surface area contributed by atoms with Crippen molar-refractivity contribution >= 4 is 35.1 Å². The predicted octanol–water partition coefficient (Wildman–Crippen LogP) is 3.70. The Hall–Kier alpha value is -3.63. The van der Waals surface area contributed by atoms with Crippen molar-refractivity contribution in [3.63, 3.8) is 0 Å². The lowest BCUT2D eigenvalue weighted by atomic mass is 10.1. The van der Waals surface area contributed by atoms with Gasteiger partial charge < -0.3 is 20.1 Å². The van der Waals surface area contributed by atoms with E-state index in [-0.39, 0.29) is 18.1 Å². The maximum Gasteiger partial charge on any atom is 0.414 e. The molecule has 180 valence electrons. The molecule has 1 fully saturated rings. The van der Waals surface area contributed by atoms with Gasteiger partial charge in [0.05, 0.1) is 25.1 Å². The number of anilines is 2. The fraction of sp³-hybridized carbons (Fsp3) is 0.280. The lowest BCUT2D eigenvalue weighted by Crippen LogP contribution is -2.26. The molecule has 2 amide bonds. The molecule has 2 aliphatic rings. The van der Waals surface area contributed by atoms with Crippen molar-refractivity contribution in [2.45, 2.75) is 24.0 Å². The number of amides is 2. The molecule has 1 atom stereocenters. The molecule has 2 aromatic carbocycles. The number of nitrogens with zero attached hydrogens (tertiary/aromatic N) is 3. The monoisotopic (exact) mass is 491 g/mol. The Morgan fingerprint density at radius 3 is 3.03 bits per heavy atom. The molecule has 35 heavy (non-hydrogen) atoms. The number of aromatic nitrogens is 2. The molecule has 1 aromatic heterocycles. The van der Waals surface area contributed by atoms with Gasteiger partial charge in [0.25, 0.3) is 0 Å². The fourth-order valence-corrected chi connectivity index (χ4v) is 4.82. The molecule has 1 saturated heterocycles. The van der Waals surface area contributed by atoms with Gasteiger partial charge in [-0.25, -0.2) is 9.78 Å². The number of methoxy groups -OCH3 is 1. The van der Waals surface area contributed by atoms with Gasteiger partial charge in [0.1, 0.15) is 6.10 Å². The second-order valence-electron chi connectivity index (χ2n) is 8.22. The summed E-state index contributed by atoms with van der Waals surface area (Å²) in [6, 6.07) is 15.4. The van der Waals surface area contributed by atoms with E-state index >= 15 is 0 Å². The summed E-state index contributed by atoms with van der Waals surface area (Å²) >= 11 is 1.49. The third kappa shape index (κ3) is 5.39. The van der Waals surface area contributed by atoms with Crippen LogP contribution >= 0.6 is 11.8 Å². The molecule has 0 radical (unpaired) electrons. The first kappa shape index (κ1) is 23.1. The molecule has 0 bridgehead atoms. The summed E-state index contributed by atoms with van der Waals surface area (Å²) in [4.78, 5) is 35.5. The number of fused-ring (bicyclic) bond motifs is 1. The number of rotatable bonds is 8. The summed E-state index contributed by atoms with van der Waals surface area (Å²) in [6.07, 6.45) is 1.80. The smallest absolute Gasteiger partial charge is 0.414 e. The van der Waals surface area contributed by atoms with Gasteiger partial charge in [0, 0.05) is 35.0 Å². The van der Waals surface area contributed by atoms with Gasteiger partial charge in [-0.3, -0.25) is 9.69 Å². The van der Waals surface area contributed by atoms with Crippen LogP contribution in [0.15, 0.2) is 59.6 Å². The third-order valence-corrected chi connectivity index (χ3v) is 6.85. The molecule has 2 N–H and O–H groups in total. The zero-order valence-electron chi connectivity index (χ0n) is 19.2. The van der Waals surface area contributed by atoms with Gasteiger partial charge in [0.2, 0.25) is 11.8 Å². The molecule has 10 heteroatoms. The quantitative estimate of drug-likeness (QED) is 0.460. The van der Waals surface area contributed by atoms with Gasteiger partial charge in [-0.1, -0.05) is 18.2 Å². The van der Waals surface area contributed by atoms with Gasteiger partial charge in [-0.2, -0.15) is 4.98 Å². The largest absolute Gasteiger partial charge is 0.481 e. The molecule has 0 saturated carbocycles. The number of carbonyl (C=O) groups excluding carboxylic acids is 2. The normalized spacial score (nSPS) is 17.1. The molecular formula is C25H25N5O4S. The maximum atomic E-state index is 12.5. The van der Waals surface area contributed by atoms with Crippen LogP contribution in [-0.2, 0) is 16.1 Å². The van der Waals surface area contributed by atoms with E-state index in [0.29, 0.717) is 43.5 Å². The van der Waals surface area contributed by atoms with Crippen LogP contribution in [0.4, 0.5) is 16.2 Å². The Bertz CT molecular complexity index is 1250. The summed E-state index contributed by atoms with van der Waals surface area (Å²) in [5.41, 5.74) is 3.49. The summed E-state index contributed by atoms with van der Waals surface area (Å²) in [5.74, 6) is 1.52. The van der Waals surface area contributed by atoms with Crippen LogP contribution in [-0.4, -0.2) is 54.0 Å². The molecule has 3 aromatic rings. The number of nitrogens with one attached hydrogen (secondary N) is 2. The number of thioether (sulfide) groups is 1. The maximum absolute atomic E-state index is 12.5. The molecule has 2 aliphatic heterocycles. The molecule has 3 heterocycles. The van der Waals surface area contributed by atoms with Crippen LogP contribution in [0.1, 0.15) is 12.0 Å². The standard InChI is InChI=1S/C25H25N5O4S/c1-33-23-8-10-27-24(29-23)17-4-2-3-16(11-17)13-26-9-7-19-14-30(25(32)34-19)18-5-6-21-20(12-18)28-22(31)15-35-21/h2-6,8,10-12,19,26H,7,9,13-15H2,1H3,(H,28,31). The SMILES string of the molecule is COc1ccnc(-c2cccc(CNCCC3CN(c4ccc5c(c4)NC(=O)CS5)C(=O)O3)c2)n1. The molecule has 9 nitrogen and oxygen atoms in total. The van der Waals surface area contributed by atoms with Crippen molar-refractivity contribution in [1.82, 2.24) is 15.3 Å². The Balaban J connectivity index is 1.13.